The monoisotopic (exact) mass is 478 g/mol. The Morgan fingerprint density at radius 2 is 1.71 bits per heavy atom. The van der Waals surface area contributed by atoms with Crippen LogP contribution in [0, 0.1) is 0 Å². The summed E-state index contributed by atoms with van der Waals surface area (Å²) in [5.41, 5.74) is 4.60. The van der Waals surface area contributed by atoms with Gasteiger partial charge in [0.25, 0.3) is 5.91 Å². The third-order valence-corrected chi connectivity index (χ3v) is 7.33. The number of alkyl carbamates (subject to hydrolysis) is 1. The minimum absolute atomic E-state index is 0.0292. The van der Waals surface area contributed by atoms with Crippen molar-refractivity contribution in [1.82, 2.24) is 10.2 Å². The Bertz CT molecular complexity index is 1070. The van der Waals surface area contributed by atoms with Gasteiger partial charge < -0.3 is 24.8 Å². The average molecular weight is 479 g/mol. The van der Waals surface area contributed by atoms with Crippen molar-refractivity contribution in [3.05, 3.63) is 59.7 Å². The lowest BCUT2D eigenvalue weighted by Crippen LogP contribution is -2.51. The number of carbonyl (C=O) groups is 3. The van der Waals surface area contributed by atoms with Gasteiger partial charge in [0.2, 0.25) is 0 Å². The molecular weight excluding hydrogens is 448 g/mol. The average Bonchev–Trinajstić information content (AvgIpc) is 3.59. The number of carbonyl (C=O) groups excluding carboxylic acids is 2. The zero-order valence-corrected chi connectivity index (χ0v) is 19.5. The van der Waals surface area contributed by atoms with Crippen LogP contribution in [0.15, 0.2) is 48.5 Å². The number of hydrogen-bond donors (Lipinski definition) is 2. The Morgan fingerprint density at radius 3 is 2.40 bits per heavy atom. The maximum Gasteiger partial charge on any atom is 0.407 e. The zero-order chi connectivity index (χ0) is 24.4. The first-order valence-corrected chi connectivity index (χ1v) is 12.3. The van der Waals surface area contributed by atoms with E-state index < -0.39 is 24.2 Å². The SMILES string of the molecule is O=C(O)CCC1CCCN1C(=O)C1OCCC1NC(=O)OCC1c2ccccc2-c2ccccc21. The second kappa shape index (κ2) is 10.1. The molecule has 2 aromatic rings. The Labute approximate surface area is 204 Å². The Hall–Kier alpha value is -3.39. The van der Waals surface area contributed by atoms with E-state index in [9.17, 15) is 14.4 Å². The lowest BCUT2D eigenvalue weighted by atomic mass is 9.98. The zero-order valence-electron chi connectivity index (χ0n) is 19.5. The first-order valence-electron chi connectivity index (χ1n) is 12.3. The van der Waals surface area contributed by atoms with E-state index in [1.54, 1.807) is 4.90 Å². The van der Waals surface area contributed by atoms with Crippen LogP contribution in [0.25, 0.3) is 11.1 Å². The van der Waals surface area contributed by atoms with E-state index in [0.29, 0.717) is 26.0 Å². The lowest BCUT2D eigenvalue weighted by Gasteiger charge is -2.29. The molecule has 2 aliphatic heterocycles. The van der Waals surface area contributed by atoms with Gasteiger partial charge >= 0.3 is 12.1 Å². The Kier molecular flexibility index (Phi) is 6.72. The first-order chi connectivity index (χ1) is 17.0. The number of benzene rings is 2. The number of nitrogens with zero attached hydrogens (tertiary/aromatic N) is 1. The Morgan fingerprint density at radius 1 is 1.03 bits per heavy atom. The van der Waals surface area contributed by atoms with Crippen molar-refractivity contribution < 1.29 is 29.0 Å². The van der Waals surface area contributed by atoms with Crippen LogP contribution in [0.5, 0.6) is 0 Å². The minimum atomic E-state index is -0.865. The highest BCUT2D eigenvalue weighted by molar-refractivity contribution is 5.84. The summed E-state index contributed by atoms with van der Waals surface area (Å²) in [4.78, 5) is 38.6. The highest BCUT2D eigenvalue weighted by atomic mass is 16.6. The van der Waals surface area contributed by atoms with Crippen LogP contribution in [0.3, 0.4) is 0 Å². The molecule has 1 aliphatic carbocycles. The van der Waals surface area contributed by atoms with Gasteiger partial charge in [-0.05, 0) is 47.9 Å². The summed E-state index contributed by atoms with van der Waals surface area (Å²) < 4.78 is 11.4. The summed E-state index contributed by atoms with van der Waals surface area (Å²) in [6, 6.07) is 15.7. The molecule has 2 amide bonds. The highest BCUT2D eigenvalue weighted by Crippen LogP contribution is 2.44. The summed E-state index contributed by atoms with van der Waals surface area (Å²) in [5, 5.41) is 11.8. The van der Waals surface area contributed by atoms with Crippen LogP contribution in [0.2, 0.25) is 0 Å². The topological polar surface area (TPSA) is 105 Å². The molecule has 3 unspecified atom stereocenters. The molecule has 2 aromatic carbocycles. The van der Waals surface area contributed by atoms with Crippen molar-refractivity contribution in [2.24, 2.45) is 0 Å². The van der Waals surface area contributed by atoms with Crippen LogP contribution in [0.1, 0.15) is 49.1 Å². The summed E-state index contributed by atoms with van der Waals surface area (Å²) >= 11 is 0. The number of amides is 2. The molecule has 3 aliphatic rings. The summed E-state index contributed by atoms with van der Waals surface area (Å²) in [7, 11) is 0. The molecule has 8 nitrogen and oxygen atoms in total. The molecule has 0 bridgehead atoms. The van der Waals surface area contributed by atoms with Crippen LogP contribution in [-0.4, -0.2) is 65.9 Å². The Balaban J connectivity index is 1.20. The van der Waals surface area contributed by atoms with E-state index >= 15 is 0 Å². The van der Waals surface area contributed by atoms with E-state index in [1.165, 1.54) is 0 Å². The predicted octanol–water partition coefficient (Wildman–Crippen LogP) is 3.54. The third-order valence-electron chi connectivity index (χ3n) is 7.33. The summed E-state index contributed by atoms with van der Waals surface area (Å²) in [6.07, 6.45) is 1.27. The number of aliphatic carboxylic acids is 1. The maximum atomic E-state index is 13.2. The second-order valence-electron chi connectivity index (χ2n) is 9.42. The fraction of sp³-hybridized carbons (Fsp3) is 0.444. The number of rotatable bonds is 7. The largest absolute Gasteiger partial charge is 0.481 e. The van der Waals surface area contributed by atoms with E-state index in [4.69, 9.17) is 14.6 Å². The molecule has 5 rings (SSSR count). The molecule has 3 atom stereocenters. The van der Waals surface area contributed by atoms with Gasteiger partial charge in [0.15, 0.2) is 6.10 Å². The number of carboxylic acid groups (broad SMARTS) is 1. The van der Waals surface area contributed by atoms with Crippen molar-refractivity contribution >= 4 is 18.0 Å². The number of fused-ring (bicyclic) bond motifs is 3. The van der Waals surface area contributed by atoms with Crippen LogP contribution in [0.4, 0.5) is 4.79 Å². The molecule has 0 aromatic heterocycles. The van der Waals surface area contributed by atoms with E-state index in [-0.39, 0.29) is 30.9 Å². The van der Waals surface area contributed by atoms with Gasteiger partial charge in [0.1, 0.15) is 6.61 Å². The maximum absolute atomic E-state index is 13.2. The third kappa shape index (κ3) is 4.75. The van der Waals surface area contributed by atoms with Gasteiger partial charge in [-0.25, -0.2) is 4.79 Å². The van der Waals surface area contributed by atoms with Crippen LogP contribution < -0.4 is 5.32 Å². The molecule has 2 N–H and O–H groups in total. The van der Waals surface area contributed by atoms with Crippen LogP contribution >= 0.6 is 0 Å². The molecule has 2 heterocycles. The summed E-state index contributed by atoms with van der Waals surface area (Å²) in [6.45, 7) is 1.16. The van der Waals surface area contributed by atoms with Crippen molar-refractivity contribution in [3.63, 3.8) is 0 Å². The quantitative estimate of drug-likeness (QED) is 0.631. The number of carboxylic acids is 1. The van der Waals surface area contributed by atoms with E-state index in [0.717, 1.165) is 35.1 Å². The number of hydrogen-bond acceptors (Lipinski definition) is 5. The highest BCUT2D eigenvalue weighted by Gasteiger charge is 2.41. The van der Waals surface area contributed by atoms with Crippen molar-refractivity contribution in [2.75, 3.05) is 19.8 Å². The van der Waals surface area contributed by atoms with Crippen LogP contribution in [-0.2, 0) is 19.1 Å². The second-order valence-corrected chi connectivity index (χ2v) is 9.42. The predicted molar refractivity (Wildman–Crippen MR) is 128 cm³/mol. The smallest absolute Gasteiger partial charge is 0.407 e. The first kappa shape index (κ1) is 23.4. The molecular formula is C27H30N2O6. The van der Waals surface area contributed by atoms with Crippen molar-refractivity contribution in [2.45, 2.75) is 56.2 Å². The molecule has 0 saturated carbocycles. The standard InChI is InChI=1S/C27H30N2O6/c30-24(31)12-11-17-6-5-14-29(17)26(32)25-23(13-15-34-25)28-27(33)35-16-22-20-9-3-1-7-18(20)19-8-2-4-10-21(19)22/h1-4,7-10,17,22-23,25H,5-6,11-16H2,(H,28,33)(H,30,31). The van der Waals surface area contributed by atoms with Gasteiger partial charge in [0.05, 0.1) is 6.04 Å². The van der Waals surface area contributed by atoms with Gasteiger partial charge in [-0.3, -0.25) is 9.59 Å². The van der Waals surface area contributed by atoms with E-state index in [1.807, 2.05) is 24.3 Å². The van der Waals surface area contributed by atoms with Gasteiger partial charge in [0, 0.05) is 31.5 Å². The minimum Gasteiger partial charge on any atom is -0.481 e. The van der Waals surface area contributed by atoms with E-state index in [2.05, 4.69) is 29.6 Å². The summed E-state index contributed by atoms with van der Waals surface area (Å²) in [5.74, 6) is -1.08. The molecule has 184 valence electrons. The molecule has 2 fully saturated rings. The molecule has 0 spiro atoms. The molecule has 35 heavy (non-hydrogen) atoms. The molecule has 2 saturated heterocycles. The van der Waals surface area contributed by atoms with Gasteiger partial charge in [-0.1, -0.05) is 48.5 Å². The van der Waals surface area contributed by atoms with Gasteiger partial charge in [-0.15, -0.1) is 0 Å². The number of nitrogens with one attached hydrogen (secondary N) is 1. The lowest BCUT2D eigenvalue weighted by molar-refractivity contribution is -0.144. The molecule has 0 radical (unpaired) electrons. The van der Waals surface area contributed by atoms with Crippen molar-refractivity contribution in [3.8, 4) is 11.1 Å². The van der Waals surface area contributed by atoms with Gasteiger partial charge in [-0.2, -0.15) is 0 Å². The molecule has 8 heteroatoms. The normalized spacial score (nSPS) is 23.1. The fourth-order valence-corrected chi connectivity index (χ4v) is 5.65. The van der Waals surface area contributed by atoms with Crippen molar-refractivity contribution in [1.29, 1.82) is 0 Å². The number of ether oxygens (including phenoxy) is 2. The fourth-order valence-electron chi connectivity index (χ4n) is 5.65. The number of likely N-dealkylation sites (tertiary alicyclic amines) is 1.